The first-order chi connectivity index (χ1) is 15.5. The number of hydrogen-bond donors (Lipinski definition) is 1. The van der Waals surface area contributed by atoms with Gasteiger partial charge in [-0.25, -0.2) is 8.42 Å². The lowest BCUT2D eigenvalue weighted by Crippen LogP contribution is -2.08. The highest BCUT2D eigenvalue weighted by Gasteiger charge is 2.18. The molecule has 0 atom stereocenters. The highest BCUT2D eigenvalue weighted by Crippen LogP contribution is 2.27. The van der Waals surface area contributed by atoms with Gasteiger partial charge in [-0.2, -0.15) is 0 Å². The van der Waals surface area contributed by atoms with E-state index in [1.165, 1.54) is 18.2 Å². The van der Waals surface area contributed by atoms with Crippen molar-refractivity contribution in [3.05, 3.63) is 115 Å². The zero-order chi connectivity index (χ0) is 22.4. The maximum absolute atomic E-state index is 13.1. The van der Waals surface area contributed by atoms with Crippen LogP contribution in [-0.2, 0) is 14.6 Å². The quantitative estimate of drug-likeness (QED) is 0.416. The van der Waals surface area contributed by atoms with E-state index in [9.17, 15) is 13.2 Å². The van der Waals surface area contributed by atoms with Gasteiger partial charge in [-0.15, -0.1) is 0 Å². The summed E-state index contributed by atoms with van der Waals surface area (Å²) in [5.41, 5.74) is 3.09. The summed E-state index contributed by atoms with van der Waals surface area (Å²) in [7, 11) is -3.69. The van der Waals surface area contributed by atoms with E-state index < -0.39 is 9.84 Å². The molecular formula is C26H20N2O3S. The number of hydrogen-bond acceptors (Lipinski definition) is 4. The number of pyridine rings is 1. The Morgan fingerprint density at radius 3 is 2.25 bits per heavy atom. The predicted octanol–water partition coefficient (Wildman–Crippen LogP) is 5.23. The van der Waals surface area contributed by atoms with Crippen LogP contribution in [0.3, 0.4) is 0 Å². The predicted molar refractivity (Wildman–Crippen MR) is 126 cm³/mol. The van der Waals surface area contributed by atoms with Crippen LogP contribution in [0.4, 0.5) is 5.69 Å². The molecular weight excluding hydrogens is 420 g/mol. The molecule has 3 aromatic carbocycles. The summed E-state index contributed by atoms with van der Waals surface area (Å²) in [5.74, 6) is -0.319. The molecule has 0 saturated carbocycles. The Balaban J connectivity index is 1.50. The van der Waals surface area contributed by atoms with E-state index in [1.54, 1.807) is 54.9 Å². The van der Waals surface area contributed by atoms with Crippen molar-refractivity contribution in [3.8, 4) is 11.1 Å². The fourth-order valence-electron chi connectivity index (χ4n) is 3.16. The molecule has 1 heterocycles. The molecule has 32 heavy (non-hydrogen) atoms. The fraction of sp³-hybridized carbons (Fsp3) is 0. The molecule has 1 N–H and O–H groups in total. The van der Waals surface area contributed by atoms with Gasteiger partial charge < -0.3 is 5.32 Å². The summed E-state index contributed by atoms with van der Waals surface area (Å²) in [5, 5.41) is 2.72. The van der Waals surface area contributed by atoms with E-state index in [0.717, 1.165) is 16.7 Å². The largest absolute Gasteiger partial charge is 0.323 e. The standard InChI is InChI=1S/C26H20N2O3S/c29-26(16-11-20-6-5-17-27-19-20)28-23-12-14-24(15-13-23)32(30,31)25-10-4-9-22(18-25)21-7-2-1-3-8-21/h1-19H,(H,28,29). The Morgan fingerprint density at radius 1 is 0.781 bits per heavy atom. The molecule has 0 saturated heterocycles. The molecule has 4 aromatic rings. The normalized spacial score (nSPS) is 11.4. The van der Waals surface area contributed by atoms with Crippen molar-refractivity contribution in [2.45, 2.75) is 9.79 Å². The van der Waals surface area contributed by atoms with Crippen LogP contribution in [0.25, 0.3) is 17.2 Å². The summed E-state index contributed by atoms with van der Waals surface area (Å²) >= 11 is 0. The number of benzene rings is 3. The van der Waals surface area contributed by atoms with Gasteiger partial charge in [0.05, 0.1) is 9.79 Å². The van der Waals surface area contributed by atoms with Crippen LogP contribution >= 0.6 is 0 Å². The maximum atomic E-state index is 13.1. The number of amides is 1. The Kier molecular flexibility index (Phi) is 6.24. The minimum absolute atomic E-state index is 0.159. The van der Waals surface area contributed by atoms with Gasteiger partial charge in [0.1, 0.15) is 0 Å². The Hall–Kier alpha value is -4.03. The molecule has 0 bridgehead atoms. The number of nitrogens with one attached hydrogen (secondary N) is 1. The summed E-state index contributed by atoms with van der Waals surface area (Å²) in [6.07, 6.45) is 6.36. The van der Waals surface area contributed by atoms with Crippen molar-refractivity contribution in [2.24, 2.45) is 0 Å². The average molecular weight is 441 g/mol. The third kappa shape index (κ3) is 4.99. The van der Waals surface area contributed by atoms with Gasteiger partial charge in [0.2, 0.25) is 15.7 Å². The minimum Gasteiger partial charge on any atom is -0.323 e. The molecule has 158 valence electrons. The summed E-state index contributed by atoms with van der Waals surface area (Å²) in [6, 6.07) is 26.2. The number of aromatic nitrogens is 1. The van der Waals surface area contributed by atoms with Gasteiger partial charge >= 0.3 is 0 Å². The van der Waals surface area contributed by atoms with Gasteiger partial charge in [-0.05, 0) is 65.2 Å². The second-order valence-corrected chi connectivity index (χ2v) is 8.98. The van der Waals surface area contributed by atoms with E-state index in [1.807, 2.05) is 42.5 Å². The third-order valence-electron chi connectivity index (χ3n) is 4.80. The van der Waals surface area contributed by atoms with E-state index in [-0.39, 0.29) is 15.7 Å². The van der Waals surface area contributed by atoms with Gasteiger partial charge in [0.15, 0.2) is 0 Å². The SMILES string of the molecule is O=C(C=Cc1cccnc1)Nc1ccc(S(=O)(=O)c2cccc(-c3ccccc3)c2)cc1. The number of anilines is 1. The van der Waals surface area contributed by atoms with Crippen LogP contribution in [0.15, 0.2) is 119 Å². The molecule has 6 heteroatoms. The molecule has 1 aromatic heterocycles. The first kappa shape index (κ1) is 21.2. The van der Waals surface area contributed by atoms with Crippen molar-refractivity contribution < 1.29 is 13.2 Å². The van der Waals surface area contributed by atoms with Gasteiger partial charge in [-0.1, -0.05) is 48.5 Å². The second-order valence-electron chi connectivity index (χ2n) is 7.03. The lowest BCUT2D eigenvalue weighted by atomic mass is 10.1. The molecule has 4 rings (SSSR count). The molecule has 5 nitrogen and oxygen atoms in total. The number of nitrogens with zero attached hydrogens (tertiary/aromatic N) is 1. The van der Waals surface area contributed by atoms with Crippen LogP contribution in [0.1, 0.15) is 5.56 Å². The molecule has 0 spiro atoms. The van der Waals surface area contributed by atoms with Crippen LogP contribution in [0.2, 0.25) is 0 Å². The number of carbonyl (C=O) groups excluding carboxylic acids is 1. The molecule has 1 amide bonds. The summed E-state index contributed by atoms with van der Waals surface area (Å²) in [6.45, 7) is 0. The highest BCUT2D eigenvalue weighted by molar-refractivity contribution is 7.91. The molecule has 0 aliphatic rings. The van der Waals surface area contributed by atoms with Crippen molar-refractivity contribution >= 4 is 27.5 Å². The number of rotatable bonds is 6. The van der Waals surface area contributed by atoms with Crippen molar-refractivity contribution in [2.75, 3.05) is 5.32 Å². The summed E-state index contributed by atoms with van der Waals surface area (Å²) in [4.78, 5) is 16.5. The molecule has 0 aliphatic carbocycles. The van der Waals surface area contributed by atoms with Gasteiger partial charge in [0, 0.05) is 24.2 Å². The van der Waals surface area contributed by atoms with Crippen LogP contribution in [0, 0.1) is 0 Å². The molecule has 0 aliphatic heterocycles. The Bertz CT molecular complexity index is 1350. The van der Waals surface area contributed by atoms with E-state index in [2.05, 4.69) is 10.3 Å². The van der Waals surface area contributed by atoms with E-state index >= 15 is 0 Å². The average Bonchev–Trinajstić information content (AvgIpc) is 2.84. The summed E-state index contributed by atoms with van der Waals surface area (Å²) < 4.78 is 26.2. The van der Waals surface area contributed by atoms with E-state index in [4.69, 9.17) is 0 Å². The van der Waals surface area contributed by atoms with Crippen molar-refractivity contribution in [3.63, 3.8) is 0 Å². The second kappa shape index (κ2) is 9.41. The lowest BCUT2D eigenvalue weighted by Gasteiger charge is -2.09. The van der Waals surface area contributed by atoms with Crippen molar-refractivity contribution in [1.29, 1.82) is 0 Å². The molecule has 0 unspecified atom stereocenters. The monoisotopic (exact) mass is 440 g/mol. The topological polar surface area (TPSA) is 76.1 Å². The van der Waals surface area contributed by atoms with Crippen LogP contribution in [-0.4, -0.2) is 19.3 Å². The lowest BCUT2D eigenvalue weighted by molar-refractivity contribution is -0.111. The molecule has 0 fully saturated rings. The van der Waals surface area contributed by atoms with Gasteiger partial charge in [-0.3, -0.25) is 9.78 Å². The first-order valence-electron chi connectivity index (χ1n) is 9.92. The third-order valence-corrected chi connectivity index (χ3v) is 6.56. The highest BCUT2D eigenvalue weighted by atomic mass is 32.2. The number of carbonyl (C=O) groups is 1. The Labute approximate surface area is 187 Å². The maximum Gasteiger partial charge on any atom is 0.248 e. The first-order valence-corrected chi connectivity index (χ1v) is 11.4. The number of sulfone groups is 1. The zero-order valence-electron chi connectivity index (χ0n) is 17.0. The van der Waals surface area contributed by atoms with Gasteiger partial charge in [0.25, 0.3) is 0 Å². The molecule has 0 radical (unpaired) electrons. The minimum atomic E-state index is -3.69. The fourth-order valence-corrected chi connectivity index (χ4v) is 4.46. The van der Waals surface area contributed by atoms with Crippen LogP contribution < -0.4 is 5.32 Å². The van der Waals surface area contributed by atoms with E-state index in [0.29, 0.717) is 5.69 Å². The Morgan fingerprint density at radius 2 is 1.53 bits per heavy atom. The smallest absolute Gasteiger partial charge is 0.248 e. The van der Waals surface area contributed by atoms with Crippen LogP contribution in [0.5, 0.6) is 0 Å². The van der Waals surface area contributed by atoms with Crippen molar-refractivity contribution in [1.82, 2.24) is 4.98 Å². The zero-order valence-corrected chi connectivity index (χ0v) is 17.9.